The molecule has 8 nitrogen and oxygen atoms in total. The molecule has 0 saturated carbocycles. The molecular formula is C24H28FN7O. The van der Waals surface area contributed by atoms with Gasteiger partial charge in [0, 0.05) is 56.4 Å². The molecule has 33 heavy (non-hydrogen) atoms. The highest BCUT2D eigenvalue weighted by Crippen LogP contribution is 2.22. The number of nitrogens with zero attached hydrogens (tertiary/aromatic N) is 7. The molecule has 2 aliphatic rings. The Morgan fingerprint density at radius 1 is 1.09 bits per heavy atom. The predicted molar refractivity (Wildman–Crippen MR) is 123 cm³/mol. The van der Waals surface area contributed by atoms with Crippen LogP contribution in [0.2, 0.25) is 0 Å². The number of fused-ring (bicyclic) bond motifs is 1. The number of carbonyl (C=O) groups excluding carboxylic acids is 1. The lowest BCUT2D eigenvalue weighted by Gasteiger charge is -2.44. The number of benzene rings is 1. The van der Waals surface area contributed by atoms with Gasteiger partial charge < -0.3 is 9.80 Å². The van der Waals surface area contributed by atoms with E-state index >= 15 is 0 Å². The van der Waals surface area contributed by atoms with E-state index < -0.39 is 5.82 Å². The van der Waals surface area contributed by atoms with Gasteiger partial charge in [-0.1, -0.05) is 18.2 Å². The maximum Gasteiger partial charge on any atom is 0.237 e. The van der Waals surface area contributed by atoms with Crippen LogP contribution in [0, 0.1) is 5.82 Å². The summed E-state index contributed by atoms with van der Waals surface area (Å²) in [5, 5.41) is 4.72. The number of carbonyl (C=O) groups is 1. The second kappa shape index (κ2) is 8.90. The first-order chi connectivity index (χ1) is 16.0. The van der Waals surface area contributed by atoms with E-state index in [1.165, 1.54) is 12.4 Å². The van der Waals surface area contributed by atoms with Gasteiger partial charge in [-0.25, -0.2) is 19.0 Å². The molecule has 1 saturated heterocycles. The van der Waals surface area contributed by atoms with Crippen molar-refractivity contribution in [3.05, 3.63) is 66.0 Å². The van der Waals surface area contributed by atoms with E-state index in [1.807, 2.05) is 46.1 Å². The summed E-state index contributed by atoms with van der Waals surface area (Å²) in [5.41, 5.74) is 3.20. The molecule has 9 heteroatoms. The number of anilines is 1. The second-order valence-electron chi connectivity index (χ2n) is 8.92. The third-order valence-corrected chi connectivity index (χ3v) is 6.54. The minimum Gasteiger partial charge on any atom is -0.338 e. The van der Waals surface area contributed by atoms with Crippen LogP contribution in [0.1, 0.15) is 25.1 Å². The van der Waals surface area contributed by atoms with Crippen LogP contribution in [0.3, 0.4) is 0 Å². The minimum absolute atomic E-state index is 0.137. The molecule has 0 N–H and O–H groups in total. The molecule has 172 valence electrons. The maximum atomic E-state index is 13.2. The van der Waals surface area contributed by atoms with Crippen molar-refractivity contribution in [3.63, 3.8) is 0 Å². The third kappa shape index (κ3) is 4.45. The molecule has 2 aromatic heterocycles. The van der Waals surface area contributed by atoms with Crippen LogP contribution in [-0.4, -0.2) is 73.7 Å². The van der Waals surface area contributed by atoms with E-state index in [0.29, 0.717) is 38.7 Å². The summed E-state index contributed by atoms with van der Waals surface area (Å²) >= 11 is 0. The average molecular weight is 450 g/mol. The number of piperazine rings is 1. The van der Waals surface area contributed by atoms with Gasteiger partial charge >= 0.3 is 0 Å². The predicted octanol–water partition coefficient (Wildman–Crippen LogP) is 2.29. The van der Waals surface area contributed by atoms with Crippen molar-refractivity contribution in [2.45, 2.75) is 38.9 Å². The average Bonchev–Trinajstić information content (AvgIpc) is 3.26. The van der Waals surface area contributed by atoms with E-state index in [0.717, 1.165) is 23.4 Å². The summed E-state index contributed by atoms with van der Waals surface area (Å²) < 4.78 is 15.1. The number of rotatable bonds is 4. The lowest BCUT2D eigenvalue weighted by atomic mass is 10.1. The van der Waals surface area contributed by atoms with Crippen LogP contribution in [0.4, 0.5) is 10.3 Å². The molecule has 2 aliphatic heterocycles. The minimum atomic E-state index is -0.442. The molecule has 0 unspecified atom stereocenters. The quantitative estimate of drug-likeness (QED) is 0.609. The van der Waals surface area contributed by atoms with Gasteiger partial charge in [0.25, 0.3) is 0 Å². The van der Waals surface area contributed by atoms with Gasteiger partial charge in [-0.3, -0.25) is 9.69 Å². The molecule has 5 rings (SSSR count). The van der Waals surface area contributed by atoms with E-state index in [4.69, 9.17) is 5.10 Å². The number of hydrogen-bond donors (Lipinski definition) is 0. The lowest BCUT2D eigenvalue weighted by molar-refractivity contribution is -0.134. The standard InChI is InChI=1S/C24H28FN7O/c1-17-12-30(24-26-10-20(25)11-27-24)13-18(2)31(17)16-23(33)29-9-8-22-19(14-29)15-32(28-22)21-6-4-3-5-7-21/h3-7,10-11,15,17-18H,8-9,12-14,16H2,1-2H3/t17-,18+. The van der Waals surface area contributed by atoms with Gasteiger partial charge in [-0.05, 0) is 26.0 Å². The zero-order valence-corrected chi connectivity index (χ0v) is 18.9. The molecule has 1 fully saturated rings. The Morgan fingerprint density at radius 2 is 1.79 bits per heavy atom. The summed E-state index contributed by atoms with van der Waals surface area (Å²) in [7, 11) is 0. The van der Waals surface area contributed by atoms with Gasteiger partial charge in [0.15, 0.2) is 5.82 Å². The summed E-state index contributed by atoms with van der Waals surface area (Å²) in [6.07, 6.45) is 5.19. The van der Waals surface area contributed by atoms with Crippen molar-refractivity contribution < 1.29 is 9.18 Å². The van der Waals surface area contributed by atoms with Gasteiger partial charge in [0.05, 0.1) is 30.3 Å². The number of halogens is 1. The highest BCUT2D eigenvalue weighted by Gasteiger charge is 2.33. The molecular weight excluding hydrogens is 421 g/mol. The molecule has 2 atom stereocenters. The normalized spacial score (nSPS) is 21.2. The van der Waals surface area contributed by atoms with Gasteiger partial charge in [0.2, 0.25) is 11.9 Å². The van der Waals surface area contributed by atoms with Crippen LogP contribution < -0.4 is 4.90 Å². The van der Waals surface area contributed by atoms with Crippen molar-refractivity contribution >= 4 is 11.9 Å². The zero-order valence-electron chi connectivity index (χ0n) is 18.9. The summed E-state index contributed by atoms with van der Waals surface area (Å²) in [5.74, 6) is 0.224. The molecule has 0 aliphatic carbocycles. The Kier molecular flexibility index (Phi) is 5.80. The van der Waals surface area contributed by atoms with Crippen LogP contribution in [0.25, 0.3) is 5.69 Å². The van der Waals surface area contributed by atoms with E-state index in [2.05, 4.69) is 33.6 Å². The number of aromatic nitrogens is 4. The number of amides is 1. The smallest absolute Gasteiger partial charge is 0.237 e. The SMILES string of the molecule is C[C@@H]1CN(c2ncc(F)cn2)C[C@H](C)N1CC(=O)N1CCc2nn(-c3ccccc3)cc2C1. The highest BCUT2D eigenvalue weighted by atomic mass is 19.1. The van der Waals surface area contributed by atoms with E-state index in [1.54, 1.807) is 0 Å². The fourth-order valence-electron chi connectivity index (χ4n) is 4.80. The molecule has 0 spiro atoms. The van der Waals surface area contributed by atoms with E-state index in [9.17, 15) is 9.18 Å². The lowest BCUT2D eigenvalue weighted by Crippen LogP contribution is -2.59. The van der Waals surface area contributed by atoms with Crippen molar-refractivity contribution in [2.24, 2.45) is 0 Å². The zero-order chi connectivity index (χ0) is 22.9. The van der Waals surface area contributed by atoms with Crippen molar-refractivity contribution in [1.29, 1.82) is 0 Å². The van der Waals surface area contributed by atoms with Crippen LogP contribution in [-0.2, 0) is 17.8 Å². The summed E-state index contributed by atoms with van der Waals surface area (Å²) in [4.78, 5) is 27.7. The van der Waals surface area contributed by atoms with Crippen LogP contribution in [0.5, 0.6) is 0 Å². The molecule has 4 heterocycles. The summed E-state index contributed by atoms with van der Waals surface area (Å²) in [6.45, 7) is 7.25. The fraction of sp³-hybridized carbons (Fsp3) is 0.417. The van der Waals surface area contributed by atoms with Gasteiger partial charge in [0.1, 0.15) is 0 Å². The Balaban J connectivity index is 1.22. The fourth-order valence-corrected chi connectivity index (χ4v) is 4.80. The Morgan fingerprint density at radius 3 is 2.48 bits per heavy atom. The van der Waals surface area contributed by atoms with E-state index in [-0.39, 0.29) is 18.0 Å². The molecule has 0 radical (unpaired) electrons. The first-order valence-corrected chi connectivity index (χ1v) is 11.4. The Labute approximate surface area is 192 Å². The van der Waals surface area contributed by atoms with Gasteiger partial charge in [-0.15, -0.1) is 0 Å². The largest absolute Gasteiger partial charge is 0.338 e. The summed E-state index contributed by atoms with van der Waals surface area (Å²) in [6, 6.07) is 10.3. The van der Waals surface area contributed by atoms with Crippen molar-refractivity contribution in [2.75, 3.05) is 31.1 Å². The number of hydrogen-bond acceptors (Lipinski definition) is 6. The monoisotopic (exact) mass is 449 g/mol. The van der Waals surface area contributed by atoms with Gasteiger partial charge in [-0.2, -0.15) is 5.10 Å². The molecule has 1 aromatic carbocycles. The highest BCUT2D eigenvalue weighted by molar-refractivity contribution is 5.78. The topological polar surface area (TPSA) is 70.4 Å². The van der Waals surface area contributed by atoms with Crippen molar-refractivity contribution in [1.82, 2.24) is 29.5 Å². The third-order valence-electron chi connectivity index (χ3n) is 6.54. The van der Waals surface area contributed by atoms with Crippen LogP contribution >= 0.6 is 0 Å². The first kappa shape index (κ1) is 21.5. The second-order valence-corrected chi connectivity index (χ2v) is 8.92. The number of para-hydroxylation sites is 1. The van der Waals surface area contributed by atoms with Crippen LogP contribution in [0.15, 0.2) is 48.9 Å². The molecule has 1 amide bonds. The van der Waals surface area contributed by atoms with Crippen molar-refractivity contribution in [3.8, 4) is 5.69 Å². The molecule has 0 bridgehead atoms. The first-order valence-electron chi connectivity index (χ1n) is 11.4. The Hall–Kier alpha value is -3.33. The molecule has 3 aromatic rings. The maximum absolute atomic E-state index is 13.2. The Bertz CT molecular complexity index is 1110.